The second kappa shape index (κ2) is 6.98. The highest BCUT2D eigenvalue weighted by Crippen LogP contribution is 2.05. The molecule has 1 aromatic heterocycles. The van der Waals surface area contributed by atoms with Gasteiger partial charge in [-0.05, 0) is 20.3 Å². The molecule has 0 spiro atoms. The fourth-order valence-electron chi connectivity index (χ4n) is 1.37. The van der Waals surface area contributed by atoms with Crippen molar-refractivity contribution < 1.29 is 0 Å². The van der Waals surface area contributed by atoms with Crippen LogP contribution in [0.15, 0.2) is 0 Å². The van der Waals surface area contributed by atoms with Crippen molar-refractivity contribution >= 4 is 11.9 Å². The molecule has 5 nitrogen and oxygen atoms in total. The summed E-state index contributed by atoms with van der Waals surface area (Å²) in [5, 5.41) is 6.30. The fourth-order valence-corrected chi connectivity index (χ4v) is 1.37. The van der Waals surface area contributed by atoms with Crippen LogP contribution in [0.3, 0.4) is 0 Å². The smallest absolute Gasteiger partial charge is 0.227 e. The molecule has 0 atom stereocenters. The summed E-state index contributed by atoms with van der Waals surface area (Å²) < 4.78 is 0. The molecule has 5 heteroatoms. The van der Waals surface area contributed by atoms with Gasteiger partial charge in [-0.15, -0.1) is 0 Å². The van der Waals surface area contributed by atoms with Crippen LogP contribution in [0, 0.1) is 6.92 Å². The van der Waals surface area contributed by atoms with Gasteiger partial charge in [0.15, 0.2) is 0 Å². The van der Waals surface area contributed by atoms with Gasteiger partial charge >= 0.3 is 0 Å². The van der Waals surface area contributed by atoms with E-state index in [4.69, 9.17) is 0 Å². The van der Waals surface area contributed by atoms with Crippen molar-refractivity contribution in [2.45, 2.75) is 40.0 Å². The maximum absolute atomic E-state index is 4.28. The lowest BCUT2D eigenvalue weighted by Crippen LogP contribution is -2.10. The molecule has 0 fully saturated rings. The van der Waals surface area contributed by atoms with Crippen molar-refractivity contribution in [1.82, 2.24) is 15.0 Å². The monoisotopic (exact) mass is 223 g/mol. The zero-order valence-corrected chi connectivity index (χ0v) is 10.4. The number of aromatic nitrogens is 3. The van der Waals surface area contributed by atoms with E-state index < -0.39 is 0 Å². The third kappa shape index (κ3) is 4.42. The van der Waals surface area contributed by atoms with Crippen molar-refractivity contribution in [3.63, 3.8) is 0 Å². The van der Waals surface area contributed by atoms with Gasteiger partial charge in [-0.25, -0.2) is 0 Å². The van der Waals surface area contributed by atoms with Gasteiger partial charge in [-0.1, -0.05) is 19.8 Å². The molecule has 1 heterocycles. The predicted molar refractivity (Wildman–Crippen MR) is 66.7 cm³/mol. The standard InChI is InChI=1S/C11H21N5/c1-4-6-7-8-13-11-15-9(3)14-10(16-11)12-5-2/h4-8H2,1-3H3,(H2,12,13,14,15,16). The number of unbranched alkanes of at least 4 members (excludes halogenated alkanes) is 2. The number of rotatable bonds is 7. The molecule has 0 radical (unpaired) electrons. The van der Waals surface area contributed by atoms with E-state index in [-0.39, 0.29) is 0 Å². The van der Waals surface area contributed by atoms with E-state index in [0.717, 1.165) is 25.3 Å². The van der Waals surface area contributed by atoms with E-state index in [2.05, 4.69) is 32.5 Å². The average molecular weight is 223 g/mol. The normalized spacial score (nSPS) is 10.2. The Kier molecular flexibility index (Phi) is 5.53. The Balaban J connectivity index is 2.51. The molecule has 1 aromatic rings. The van der Waals surface area contributed by atoms with E-state index >= 15 is 0 Å². The van der Waals surface area contributed by atoms with E-state index in [9.17, 15) is 0 Å². The predicted octanol–water partition coefficient (Wildman–Crippen LogP) is 2.21. The van der Waals surface area contributed by atoms with Gasteiger partial charge < -0.3 is 10.6 Å². The Hall–Kier alpha value is -1.39. The van der Waals surface area contributed by atoms with Gasteiger partial charge in [-0.3, -0.25) is 0 Å². The highest BCUT2D eigenvalue weighted by Gasteiger charge is 2.01. The molecule has 0 amide bonds. The fraction of sp³-hybridized carbons (Fsp3) is 0.727. The molecule has 90 valence electrons. The first kappa shape index (κ1) is 12.7. The molecular weight excluding hydrogens is 202 g/mol. The summed E-state index contributed by atoms with van der Waals surface area (Å²) in [5.41, 5.74) is 0. The number of hydrogen-bond donors (Lipinski definition) is 2. The van der Waals surface area contributed by atoms with Gasteiger partial charge in [0, 0.05) is 13.1 Å². The summed E-state index contributed by atoms with van der Waals surface area (Å²) in [6.07, 6.45) is 3.61. The quantitative estimate of drug-likeness (QED) is 0.694. The first-order valence-electron chi connectivity index (χ1n) is 5.96. The number of nitrogens with one attached hydrogen (secondary N) is 2. The van der Waals surface area contributed by atoms with E-state index in [1.165, 1.54) is 12.8 Å². The van der Waals surface area contributed by atoms with Crippen LogP contribution in [0.25, 0.3) is 0 Å². The molecular formula is C11H21N5. The van der Waals surface area contributed by atoms with Crippen molar-refractivity contribution in [1.29, 1.82) is 0 Å². The van der Waals surface area contributed by atoms with Crippen LogP contribution in [-0.2, 0) is 0 Å². The lowest BCUT2D eigenvalue weighted by atomic mass is 10.2. The lowest BCUT2D eigenvalue weighted by Gasteiger charge is -2.07. The largest absolute Gasteiger partial charge is 0.354 e. The van der Waals surface area contributed by atoms with Crippen LogP contribution in [0.1, 0.15) is 38.9 Å². The van der Waals surface area contributed by atoms with Gasteiger partial charge in [0.25, 0.3) is 0 Å². The zero-order chi connectivity index (χ0) is 11.8. The minimum absolute atomic E-state index is 0.646. The highest BCUT2D eigenvalue weighted by atomic mass is 15.2. The van der Waals surface area contributed by atoms with Crippen LogP contribution < -0.4 is 10.6 Å². The highest BCUT2D eigenvalue weighted by molar-refractivity contribution is 5.33. The van der Waals surface area contributed by atoms with Crippen molar-refractivity contribution in [2.24, 2.45) is 0 Å². The first-order valence-corrected chi connectivity index (χ1v) is 5.96. The molecule has 0 saturated heterocycles. The number of nitrogens with zero attached hydrogens (tertiary/aromatic N) is 3. The van der Waals surface area contributed by atoms with Gasteiger partial charge in [0.05, 0.1) is 0 Å². The Morgan fingerprint density at radius 1 is 0.938 bits per heavy atom. The Bertz CT molecular complexity index is 313. The minimum atomic E-state index is 0.646. The van der Waals surface area contributed by atoms with Gasteiger partial charge in [0.2, 0.25) is 11.9 Å². The summed E-state index contributed by atoms with van der Waals surface area (Å²) in [5.74, 6) is 2.05. The van der Waals surface area contributed by atoms with Crippen molar-refractivity contribution in [2.75, 3.05) is 23.7 Å². The van der Waals surface area contributed by atoms with Gasteiger partial charge in [0.1, 0.15) is 5.82 Å². The van der Waals surface area contributed by atoms with Crippen LogP contribution in [0.5, 0.6) is 0 Å². The Labute approximate surface area is 97.1 Å². The summed E-state index contributed by atoms with van der Waals surface area (Å²) >= 11 is 0. The summed E-state index contributed by atoms with van der Waals surface area (Å²) in [7, 11) is 0. The molecule has 0 unspecified atom stereocenters. The van der Waals surface area contributed by atoms with Gasteiger partial charge in [-0.2, -0.15) is 15.0 Å². The average Bonchev–Trinajstić information content (AvgIpc) is 2.24. The second-order valence-corrected chi connectivity index (χ2v) is 3.69. The molecule has 0 aliphatic rings. The first-order chi connectivity index (χ1) is 7.76. The SMILES string of the molecule is CCCCCNc1nc(C)nc(NCC)n1. The molecule has 0 aliphatic carbocycles. The van der Waals surface area contributed by atoms with Crippen LogP contribution in [0.4, 0.5) is 11.9 Å². The summed E-state index contributed by atoms with van der Waals surface area (Å²) in [4.78, 5) is 12.7. The van der Waals surface area contributed by atoms with Crippen LogP contribution in [-0.4, -0.2) is 28.0 Å². The minimum Gasteiger partial charge on any atom is -0.354 e. The van der Waals surface area contributed by atoms with Crippen molar-refractivity contribution in [3.05, 3.63) is 5.82 Å². The second-order valence-electron chi connectivity index (χ2n) is 3.69. The lowest BCUT2D eigenvalue weighted by molar-refractivity contribution is 0.739. The molecule has 16 heavy (non-hydrogen) atoms. The molecule has 0 bridgehead atoms. The third-order valence-corrected chi connectivity index (χ3v) is 2.15. The molecule has 0 saturated carbocycles. The molecule has 0 aliphatic heterocycles. The van der Waals surface area contributed by atoms with Crippen LogP contribution >= 0.6 is 0 Å². The van der Waals surface area contributed by atoms with E-state index in [1.54, 1.807) is 0 Å². The molecule has 2 N–H and O–H groups in total. The maximum atomic E-state index is 4.28. The van der Waals surface area contributed by atoms with E-state index in [0.29, 0.717) is 11.9 Å². The maximum Gasteiger partial charge on any atom is 0.227 e. The summed E-state index contributed by atoms with van der Waals surface area (Å²) in [6.45, 7) is 7.82. The topological polar surface area (TPSA) is 62.7 Å². The van der Waals surface area contributed by atoms with E-state index in [1.807, 2.05) is 13.8 Å². The number of hydrogen-bond acceptors (Lipinski definition) is 5. The summed E-state index contributed by atoms with van der Waals surface area (Å²) in [6, 6.07) is 0. The Morgan fingerprint density at radius 3 is 2.25 bits per heavy atom. The van der Waals surface area contributed by atoms with Crippen LogP contribution in [0.2, 0.25) is 0 Å². The van der Waals surface area contributed by atoms with Crippen molar-refractivity contribution in [3.8, 4) is 0 Å². The third-order valence-electron chi connectivity index (χ3n) is 2.15. The molecule has 0 aromatic carbocycles. The zero-order valence-electron chi connectivity index (χ0n) is 10.4. The number of aryl methyl sites for hydroxylation is 1. The Morgan fingerprint density at radius 2 is 1.62 bits per heavy atom. The molecule has 1 rings (SSSR count). The number of anilines is 2.